The Labute approximate surface area is 215 Å². The van der Waals surface area contributed by atoms with Crippen molar-refractivity contribution in [2.75, 3.05) is 21.0 Å². The number of allylic oxidation sites excluding steroid dienone is 1. The zero-order chi connectivity index (χ0) is 25.7. The van der Waals surface area contributed by atoms with Crippen molar-refractivity contribution in [3.05, 3.63) is 88.3 Å². The van der Waals surface area contributed by atoms with Crippen LogP contribution in [0.1, 0.15) is 32.6 Å². The molecule has 0 N–H and O–H groups in total. The fraction of sp³-hybridized carbons (Fsp3) is 0.233. The maximum atomic E-state index is 13.5. The standard InChI is InChI=1S/C30H28N2O5/c1-18-29-21(16-32(17-36-29)15-19-7-5-6-8-26(19)35-4)11-24-28(33)27(37-30(18)24)12-20-14-31(2)25-10-9-22(34-3)13-23(20)25/h5-14H,15-17H2,1-4H3/b27-12-. The van der Waals surface area contributed by atoms with Crippen LogP contribution in [0.2, 0.25) is 0 Å². The van der Waals surface area contributed by atoms with Crippen LogP contribution in [-0.2, 0) is 20.1 Å². The molecular weight excluding hydrogens is 468 g/mol. The Balaban J connectivity index is 1.31. The second-order valence-electron chi connectivity index (χ2n) is 9.46. The molecule has 0 saturated heterocycles. The Bertz CT molecular complexity index is 1580. The van der Waals surface area contributed by atoms with Gasteiger partial charge < -0.3 is 23.5 Å². The van der Waals surface area contributed by atoms with E-state index in [-0.39, 0.29) is 5.78 Å². The van der Waals surface area contributed by atoms with Gasteiger partial charge in [-0.3, -0.25) is 9.69 Å². The van der Waals surface area contributed by atoms with Gasteiger partial charge >= 0.3 is 0 Å². The molecule has 6 rings (SSSR count). The molecule has 3 heterocycles. The minimum Gasteiger partial charge on any atom is -0.497 e. The highest BCUT2D eigenvalue weighted by atomic mass is 16.5. The van der Waals surface area contributed by atoms with Crippen molar-refractivity contribution in [2.45, 2.75) is 20.0 Å². The number of fused-ring (bicyclic) bond motifs is 3. The molecule has 2 aliphatic rings. The summed E-state index contributed by atoms with van der Waals surface area (Å²) in [7, 11) is 5.31. The largest absolute Gasteiger partial charge is 0.497 e. The minimum atomic E-state index is -0.123. The van der Waals surface area contributed by atoms with Gasteiger partial charge in [-0.2, -0.15) is 0 Å². The predicted octanol–water partition coefficient (Wildman–Crippen LogP) is 5.47. The summed E-state index contributed by atoms with van der Waals surface area (Å²) in [6.07, 6.45) is 3.81. The number of hydrogen-bond acceptors (Lipinski definition) is 6. The molecule has 7 heteroatoms. The molecule has 0 amide bonds. The molecule has 0 unspecified atom stereocenters. The van der Waals surface area contributed by atoms with Crippen molar-refractivity contribution in [1.82, 2.24) is 9.47 Å². The Morgan fingerprint density at radius 2 is 1.89 bits per heavy atom. The minimum absolute atomic E-state index is 0.123. The molecular formula is C30H28N2O5. The van der Waals surface area contributed by atoms with Crippen LogP contribution in [-0.4, -0.2) is 36.2 Å². The van der Waals surface area contributed by atoms with Crippen LogP contribution in [0, 0.1) is 6.92 Å². The molecule has 0 radical (unpaired) electrons. The maximum absolute atomic E-state index is 13.5. The highest BCUT2D eigenvalue weighted by Crippen LogP contribution is 2.43. The number of aromatic nitrogens is 1. The van der Waals surface area contributed by atoms with Gasteiger partial charge in [0.25, 0.3) is 0 Å². The molecule has 0 aliphatic carbocycles. The quantitative estimate of drug-likeness (QED) is 0.342. The van der Waals surface area contributed by atoms with Gasteiger partial charge in [0, 0.05) is 59.5 Å². The van der Waals surface area contributed by atoms with Crippen LogP contribution >= 0.6 is 0 Å². The number of para-hydroxylation sites is 1. The number of ether oxygens (including phenoxy) is 4. The highest BCUT2D eigenvalue weighted by Gasteiger charge is 2.34. The molecule has 0 atom stereocenters. The van der Waals surface area contributed by atoms with Gasteiger partial charge in [0.05, 0.1) is 19.8 Å². The molecule has 0 bridgehead atoms. The van der Waals surface area contributed by atoms with E-state index >= 15 is 0 Å². The second-order valence-corrected chi connectivity index (χ2v) is 9.46. The van der Waals surface area contributed by atoms with E-state index in [2.05, 4.69) is 11.0 Å². The van der Waals surface area contributed by atoms with Crippen molar-refractivity contribution in [1.29, 1.82) is 0 Å². The van der Waals surface area contributed by atoms with Gasteiger partial charge in [0.15, 0.2) is 5.76 Å². The van der Waals surface area contributed by atoms with Gasteiger partial charge in [-0.15, -0.1) is 0 Å². The lowest BCUT2D eigenvalue weighted by molar-refractivity contribution is 0.0869. The van der Waals surface area contributed by atoms with E-state index in [0.29, 0.717) is 36.9 Å². The summed E-state index contributed by atoms with van der Waals surface area (Å²) >= 11 is 0. The predicted molar refractivity (Wildman–Crippen MR) is 141 cm³/mol. The molecule has 7 nitrogen and oxygen atoms in total. The molecule has 0 saturated carbocycles. The third-order valence-electron chi connectivity index (χ3n) is 7.10. The smallest absolute Gasteiger partial charge is 0.231 e. The number of rotatable bonds is 5. The number of methoxy groups -OCH3 is 2. The zero-order valence-electron chi connectivity index (χ0n) is 21.3. The summed E-state index contributed by atoms with van der Waals surface area (Å²) in [5, 5.41) is 0.994. The summed E-state index contributed by atoms with van der Waals surface area (Å²) in [5.74, 6) is 3.16. The fourth-order valence-corrected chi connectivity index (χ4v) is 5.26. The Kier molecular flexibility index (Phi) is 5.65. The molecule has 4 aromatic rings. The Morgan fingerprint density at radius 1 is 1.05 bits per heavy atom. The van der Waals surface area contributed by atoms with E-state index in [4.69, 9.17) is 18.9 Å². The number of carbonyl (C=O) groups excluding carboxylic acids is 1. The number of ketones is 1. The first kappa shape index (κ1) is 23.2. The third kappa shape index (κ3) is 3.92. The number of carbonyl (C=O) groups is 1. The molecule has 2 aliphatic heterocycles. The van der Waals surface area contributed by atoms with Crippen LogP contribution in [0.5, 0.6) is 23.0 Å². The molecule has 188 valence electrons. The van der Waals surface area contributed by atoms with E-state index in [1.54, 1.807) is 14.2 Å². The van der Waals surface area contributed by atoms with Gasteiger partial charge in [0.1, 0.15) is 29.7 Å². The lowest BCUT2D eigenvalue weighted by Crippen LogP contribution is -2.32. The first-order valence-corrected chi connectivity index (χ1v) is 12.2. The number of Topliss-reactive ketones (excluding diaryl/α,β-unsaturated/α-hetero) is 1. The topological polar surface area (TPSA) is 62.2 Å². The summed E-state index contributed by atoms with van der Waals surface area (Å²) in [5.41, 5.74) is 5.43. The Morgan fingerprint density at radius 3 is 2.70 bits per heavy atom. The summed E-state index contributed by atoms with van der Waals surface area (Å²) in [6, 6.07) is 15.8. The van der Waals surface area contributed by atoms with Crippen molar-refractivity contribution in [3.63, 3.8) is 0 Å². The number of hydrogen-bond donors (Lipinski definition) is 0. The van der Waals surface area contributed by atoms with Crippen LogP contribution < -0.4 is 18.9 Å². The van der Waals surface area contributed by atoms with Crippen LogP contribution in [0.4, 0.5) is 0 Å². The van der Waals surface area contributed by atoms with Crippen LogP contribution in [0.25, 0.3) is 17.0 Å². The van der Waals surface area contributed by atoms with Crippen molar-refractivity contribution in [2.24, 2.45) is 7.05 Å². The van der Waals surface area contributed by atoms with Gasteiger partial charge in [0.2, 0.25) is 5.78 Å². The van der Waals surface area contributed by atoms with Crippen LogP contribution in [0.15, 0.2) is 60.5 Å². The van der Waals surface area contributed by atoms with Gasteiger partial charge in [-0.25, -0.2) is 0 Å². The van der Waals surface area contributed by atoms with E-state index < -0.39 is 0 Å². The first-order chi connectivity index (χ1) is 18.0. The first-order valence-electron chi connectivity index (χ1n) is 12.2. The summed E-state index contributed by atoms with van der Waals surface area (Å²) < 4.78 is 25.3. The summed E-state index contributed by atoms with van der Waals surface area (Å²) in [4.78, 5) is 15.7. The lowest BCUT2D eigenvalue weighted by atomic mass is 9.99. The van der Waals surface area contributed by atoms with Gasteiger partial charge in [-0.1, -0.05) is 18.2 Å². The second kappa shape index (κ2) is 9.01. The van der Waals surface area contributed by atoms with Crippen molar-refractivity contribution in [3.8, 4) is 23.0 Å². The van der Waals surface area contributed by atoms with E-state index in [0.717, 1.165) is 50.4 Å². The maximum Gasteiger partial charge on any atom is 0.231 e. The van der Waals surface area contributed by atoms with E-state index in [9.17, 15) is 4.79 Å². The van der Waals surface area contributed by atoms with Crippen molar-refractivity contribution < 1.29 is 23.7 Å². The number of benzene rings is 3. The molecule has 3 aromatic carbocycles. The molecule has 1 aromatic heterocycles. The van der Waals surface area contributed by atoms with Crippen molar-refractivity contribution >= 4 is 22.8 Å². The van der Waals surface area contributed by atoms with Gasteiger partial charge in [-0.05, 0) is 43.3 Å². The molecule has 37 heavy (non-hydrogen) atoms. The molecule has 0 spiro atoms. The van der Waals surface area contributed by atoms with Crippen LogP contribution in [0.3, 0.4) is 0 Å². The average molecular weight is 497 g/mol. The number of nitrogens with zero attached hydrogens (tertiary/aromatic N) is 2. The fourth-order valence-electron chi connectivity index (χ4n) is 5.26. The third-order valence-corrected chi connectivity index (χ3v) is 7.10. The highest BCUT2D eigenvalue weighted by molar-refractivity contribution is 6.15. The monoisotopic (exact) mass is 496 g/mol. The normalized spacial score (nSPS) is 15.9. The lowest BCUT2D eigenvalue weighted by Gasteiger charge is -2.30. The zero-order valence-corrected chi connectivity index (χ0v) is 21.3. The average Bonchev–Trinajstić information content (AvgIpc) is 3.40. The molecule has 0 fully saturated rings. The Hall–Kier alpha value is -4.23. The summed E-state index contributed by atoms with van der Waals surface area (Å²) in [6.45, 7) is 3.74. The van der Waals surface area contributed by atoms with E-state index in [1.807, 2.05) is 73.3 Å². The van der Waals surface area contributed by atoms with E-state index in [1.165, 1.54) is 0 Å². The SMILES string of the molecule is COc1ccc2c(c1)c(/C=C1\Oc3c(cc4c(c3C)OCN(Cc3ccccc3OC)C4)C1=O)cn2C. The number of aryl methyl sites for hydroxylation is 1.